The minimum Gasteiger partial charge on any atom is -0.455 e. The normalized spacial score (nSPS) is 15.6. The van der Waals surface area contributed by atoms with Crippen LogP contribution in [0.3, 0.4) is 0 Å². The van der Waals surface area contributed by atoms with Gasteiger partial charge in [0.25, 0.3) is 5.91 Å². The average Bonchev–Trinajstić information content (AvgIpc) is 2.65. The van der Waals surface area contributed by atoms with Gasteiger partial charge in [-0.15, -0.1) is 0 Å². The third-order valence-electron chi connectivity index (χ3n) is 4.18. The van der Waals surface area contributed by atoms with E-state index >= 15 is 0 Å². The third-order valence-corrected chi connectivity index (χ3v) is 5.48. The van der Waals surface area contributed by atoms with Crippen LogP contribution in [-0.2, 0) is 29.1 Å². The number of benzene rings is 1. The molecule has 1 aliphatic rings. The first kappa shape index (κ1) is 21.8. The molecule has 2 rings (SSSR count). The number of nitrogens with zero attached hydrogens (tertiary/aromatic N) is 1. The van der Waals surface area contributed by atoms with Crippen LogP contribution in [0, 0.1) is 11.7 Å². The van der Waals surface area contributed by atoms with Crippen molar-refractivity contribution in [3.05, 3.63) is 30.1 Å². The van der Waals surface area contributed by atoms with Crippen molar-refractivity contribution < 1.29 is 31.9 Å². The molecule has 2 N–H and O–H groups in total. The van der Waals surface area contributed by atoms with Crippen molar-refractivity contribution in [1.29, 1.82) is 0 Å². The van der Waals surface area contributed by atoms with E-state index < -0.39 is 46.1 Å². The predicted molar refractivity (Wildman–Crippen MR) is 98.1 cm³/mol. The molecule has 0 bridgehead atoms. The van der Waals surface area contributed by atoms with Crippen molar-refractivity contribution in [2.75, 3.05) is 37.8 Å². The molecule has 0 aliphatic carbocycles. The molecule has 0 radical (unpaired) electrons. The highest BCUT2D eigenvalue weighted by Crippen LogP contribution is 2.20. The second-order valence-electron chi connectivity index (χ2n) is 6.38. The SMILES string of the molecule is CS(=O)(=O)N1CCC(C(=O)OCC(=O)NCC(=O)Nc2ccc(F)cc2)CC1. The van der Waals surface area contributed by atoms with Gasteiger partial charge in [-0.1, -0.05) is 0 Å². The predicted octanol–water partition coefficient (Wildman–Crippen LogP) is 0.0952. The monoisotopic (exact) mass is 415 g/mol. The average molecular weight is 415 g/mol. The van der Waals surface area contributed by atoms with Crippen molar-refractivity contribution in [3.63, 3.8) is 0 Å². The van der Waals surface area contributed by atoms with E-state index in [4.69, 9.17) is 4.74 Å². The smallest absolute Gasteiger partial charge is 0.309 e. The van der Waals surface area contributed by atoms with Gasteiger partial charge in [0.05, 0.1) is 18.7 Å². The summed E-state index contributed by atoms with van der Waals surface area (Å²) in [6.07, 6.45) is 1.77. The summed E-state index contributed by atoms with van der Waals surface area (Å²) >= 11 is 0. The zero-order valence-corrected chi connectivity index (χ0v) is 16.1. The van der Waals surface area contributed by atoms with Crippen LogP contribution in [-0.4, -0.2) is 63.0 Å². The summed E-state index contributed by atoms with van der Waals surface area (Å²) in [4.78, 5) is 35.4. The Morgan fingerprint density at radius 3 is 2.32 bits per heavy atom. The zero-order valence-electron chi connectivity index (χ0n) is 15.3. The van der Waals surface area contributed by atoms with E-state index in [0.717, 1.165) is 6.26 Å². The lowest BCUT2D eigenvalue weighted by molar-refractivity contribution is -0.153. The molecule has 2 amide bonds. The van der Waals surface area contributed by atoms with E-state index in [-0.39, 0.29) is 19.6 Å². The van der Waals surface area contributed by atoms with Gasteiger partial charge in [0, 0.05) is 18.8 Å². The molecule has 1 aromatic carbocycles. The number of rotatable bonds is 7. The molecule has 0 saturated carbocycles. The highest BCUT2D eigenvalue weighted by molar-refractivity contribution is 7.88. The van der Waals surface area contributed by atoms with Crippen LogP contribution in [0.5, 0.6) is 0 Å². The molecule has 1 aromatic rings. The van der Waals surface area contributed by atoms with Gasteiger partial charge >= 0.3 is 5.97 Å². The maximum Gasteiger partial charge on any atom is 0.309 e. The number of carbonyl (C=O) groups excluding carboxylic acids is 3. The van der Waals surface area contributed by atoms with Crippen molar-refractivity contribution in [3.8, 4) is 0 Å². The van der Waals surface area contributed by atoms with Crippen LogP contribution in [0.15, 0.2) is 24.3 Å². The lowest BCUT2D eigenvalue weighted by Crippen LogP contribution is -2.41. The number of amides is 2. The molecular weight excluding hydrogens is 393 g/mol. The number of carbonyl (C=O) groups is 3. The number of hydrogen-bond acceptors (Lipinski definition) is 6. The highest BCUT2D eigenvalue weighted by atomic mass is 32.2. The van der Waals surface area contributed by atoms with Gasteiger partial charge in [0.1, 0.15) is 5.82 Å². The summed E-state index contributed by atoms with van der Waals surface area (Å²) in [5.41, 5.74) is 0.382. The number of nitrogens with one attached hydrogen (secondary N) is 2. The number of halogens is 1. The topological polar surface area (TPSA) is 122 Å². The van der Waals surface area contributed by atoms with Crippen LogP contribution in [0.4, 0.5) is 10.1 Å². The minimum absolute atomic E-state index is 0.231. The molecule has 0 aromatic heterocycles. The van der Waals surface area contributed by atoms with E-state index in [1.165, 1.54) is 28.6 Å². The Bertz CT molecular complexity index is 820. The summed E-state index contributed by atoms with van der Waals surface area (Å²) < 4.78 is 41.9. The standard InChI is InChI=1S/C17H22FN3O6S/c1-28(25,26)21-8-6-12(7-9-21)17(24)27-11-16(23)19-10-15(22)20-14-4-2-13(18)3-5-14/h2-5,12H,6-11H2,1H3,(H,19,23)(H,20,22). The van der Waals surface area contributed by atoms with Gasteiger partial charge in [0.15, 0.2) is 6.61 Å². The molecule has 1 heterocycles. The van der Waals surface area contributed by atoms with Crippen molar-refractivity contribution in [2.45, 2.75) is 12.8 Å². The molecule has 0 unspecified atom stereocenters. The molecule has 28 heavy (non-hydrogen) atoms. The molecule has 1 aliphatic heterocycles. The van der Waals surface area contributed by atoms with Crippen LogP contribution < -0.4 is 10.6 Å². The quantitative estimate of drug-likeness (QED) is 0.609. The van der Waals surface area contributed by atoms with Crippen LogP contribution >= 0.6 is 0 Å². The molecule has 11 heteroatoms. The fourth-order valence-electron chi connectivity index (χ4n) is 2.65. The number of esters is 1. The molecule has 1 saturated heterocycles. The molecule has 154 valence electrons. The molecule has 0 atom stereocenters. The maximum atomic E-state index is 12.8. The Morgan fingerprint density at radius 2 is 1.75 bits per heavy atom. The fraction of sp³-hybridized carbons (Fsp3) is 0.471. The van der Waals surface area contributed by atoms with Gasteiger partial charge in [0.2, 0.25) is 15.9 Å². The number of ether oxygens (including phenoxy) is 1. The largest absolute Gasteiger partial charge is 0.455 e. The van der Waals surface area contributed by atoms with Crippen molar-refractivity contribution in [2.24, 2.45) is 5.92 Å². The molecule has 1 fully saturated rings. The zero-order chi connectivity index (χ0) is 20.7. The Labute approximate surface area is 162 Å². The van der Waals surface area contributed by atoms with Gasteiger partial charge in [-0.25, -0.2) is 17.1 Å². The van der Waals surface area contributed by atoms with E-state index in [2.05, 4.69) is 10.6 Å². The second-order valence-corrected chi connectivity index (χ2v) is 8.36. The van der Waals surface area contributed by atoms with E-state index in [1.807, 2.05) is 0 Å². The van der Waals surface area contributed by atoms with Gasteiger partial charge in [-0.2, -0.15) is 0 Å². The van der Waals surface area contributed by atoms with Crippen molar-refractivity contribution in [1.82, 2.24) is 9.62 Å². The highest BCUT2D eigenvalue weighted by Gasteiger charge is 2.30. The lowest BCUT2D eigenvalue weighted by Gasteiger charge is -2.28. The van der Waals surface area contributed by atoms with Crippen molar-refractivity contribution >= 4 is 33.5 Å². The Balaban J connectivity index is 1.66. The Morgan fingerprint density at radius 1 is 1.14 bits per heavy atom. The summed E-state index contributed by atoms with van der Waals surface area (Å²) in [6, 6.07) is 5.14. The number of sulfonamides is 1. The lowest BCUT2D eigenvalue weighted by atomic mass is 9.98. The fourth-order valence-corrected chi connectivity index (χ4v) is 3.52. The first-order valence-corrected chi connectivity index (χ1v) is 10.4. The first-order chi connectivity index (χ1) is 13.1. The van der Waals surface area contributed by atoms with Crippen LogP contribution in [0.2, 0.25) is 0 Å². The first-order valence-electron chi connectivity index (χ1n) is 8.59. The van der Waals surface area contributed by atoms with E-state index in [1.54, 1.807) is 0 Å². The number of piperidine rings is 1. The molecular formula is C17H22FN3O6S. The van der Waals surface area contributed by atoms with Gasteiger partial charge in [-0.3, -0.25) is 14.4 Å². The number of anilines is 1. The van der Waals surface area contributed by atoms with Crippen LogP contribution in [0.25, 0.3) is 0 Å². The Kier molecular flexibility index (Phi) is 7.46. The van der Waals surface area contributed by atoms with E-state index in [0.29, 0.717) is 18.5 Å². The summed E-state index contributed by atoms with van der Waals surface area (Å²) in [6.45, 7) is -0.405. The summed E-state index contributed by atoms with van der Waals surface area (Å²) in [5.74, 6) is -2.63. The second kappa shape index (κ2) is 9.60. The third kappa shape index (κ3) is 6.89. The number of hydrogen-bond donors (Lipinski definition) is 2. The summed E-state index contributed by atoms with van der Waals surface area (Å²) in [5, 5.41) is 4.79. The van der Waals surface area contributed by atoms with Gasteiger partial charge < -0.3 is 15.4 Å². The summed E-state index contributed by atoms with van der Waals surface area (Å²) in [7, 11) is -3.28. The van der Waals surface area contributed by atoms with Crippen LogP contribution in [0.1, 0.15) is 12.8 Å². The molecule has 9 nitrogen and oxygen atoms in total. The minimum atomic E-state index is -3.28. The Hall–Kier alpha value is -2.53. The van der Waals surface area contributed by atoms with E-state index in [9.17, 15) is 27.2 Å². The van der Waals surface area contributed by atoms with Gasteiger partial charge in [-0.05, 0) is 37.1 Å². The maximum absolute atomic E-state index is 12.8. The molecule has 0 spiro atoms.